The van der Waals surface area contributed by atoms with Gasteiger partial charge in [-0.25, -0.2) is 4.39 Å². The number of rotatable bonds is 7. The molecule has 0 aliphatic carbocycles. The van der Waals surface area contributed by atoms with Gasteiger partial charge in [-0.15, -0.1) is 0 Å². The van der Waals surface area contributed by atoms with E-state index < -0.39 is 17.3 Å². The summed E-state index contributed by atoms with van der Waals surface area (Å²) in [7, 11) is 0. The van der Waals surface area contributed by atoms with Crippen molar-refractivity contribution in [1.82, 2.24) is 15.3 Å². The van der Waals surface area contributed by atoms with Crippen molar-refractivity contribution in [2.24, 2.45) is 5.73 Å². The van der Waals surface area contributed by atoms with Gasteiger partial charge in [0.2, 0.25) is 5.91 Å². The maximum Gasteiger partial charge on any atom is 0.242 e. The highest BCUT2D eigenvalue weighted by Crippen LogP contribution is 2.28. The van der Waals surface area contributed by atoms with Crippen LogP contribution >= 0.6 is 0 Å². The first-order chi connectivity index (χ1) is 12.6. The fourth-order valence-electron chi connectivity index (χ4n) is 2.93. The number of hydrogen-bond acceptors (Lipinski definition) is 4. The molecule has 0 saturated heterocycles. The molecule has 26 heavy (non-hydrogen) atoms. The third kappa shape index (κ3) is 3.75. The van der Waals surface area contributed by atoms with Crippen LogP contribution in [-0.4, -0.2) is 15.9 Å². The summed E-state index contributed by atoms with van der Waals surface area (Å²) in [6.45, 7) is 0.316. The highest BCUT2D eigenvalue weighted by atomic mass is 19.1. The Morgan fingerprint density at radius 3 is 2.42 bits per heavy atom. The first-order valence-electron chi connectivity index (χ1n) is 8.19. The summed E-state index contributed by atoms with van der Waals surface area (Å²) in [4.78, 5) is 20.6. The minimum atomic E-state index is -1.40. The second-order valence-corrected chi connectivity index (χ2v) is 6.00. The van der Waals surface area contributed by atoms with Crippen molar-refractivity contribution >= 4 is 5.91 Å². The monoisotopic (exact) mass is 350 g/mol. The van der Waals surface area contributed by atoms with Gasteiger partial charge in [0.05, 0.1) is 0 Å². The van der Waals surface area contributed by atoms with Crippen LogP contribution in [0.1, 0.15) is 16.7 Å². The Kier molecular flexibility index (Phi) is 5.34. The highest BCUT2D eigenvalue weighted by Gasteiger charge is 2.40. The summed E-state index contributed by atoms with van der Waals surface area (Å²) in [5, 5.41) is 3.18. The smallest absolute Gasteiger partial charge is 0.242 e. The SMILES string of the molecule is NC(=O)C(Cc1ccncc1)(NCc1cccnc1)c1ccccc1F. The van der Waals surface area contributed by atoms with Crippen LogP contribution in [0.25, 0.3) is 0 Å². The summed E-state index contributed by atoms with van der Waals surface area (Å²) in [5.74, 6) is -1.14. The van der Waals surface area contributed by atoms with Gasteiger partial charge in [-0.3, -0.25) is 20.1 Å². The molecule has 2 aromatic heterocycles. The molecule has 1 aromatic carbocycles. The number of primary amides is 1. The quantitative estimate of drug-likeness (QED) is 0.685. The van der Waals surface area contributed by atoms with Crippen molar-refractivity contribution in [1.29, 1.82) is 0 Å². The van der Waals surface area contributed by atoms with Gasteiger partial charge >= 0.3 is 0 Å². The van der Waals surface area contributed by atoms with Gasteiger partial charge in [-0.1, -0.05) is 24.3 Å². The van der Waals surface area contributed by atoms with Gasteiger partial charge in [0, 0.05) is 43.3 Å². The van der Waals surface area contributed by atoms with Crippen molar-refractivity contribution in [3.63, 3.8) is 0 Å². The molecule has 6 heteroatoms. The summed E-state index contributed by atoms with van der Waals surface area (Å²) in [6.07, 6.45) is 6.81. The number of nitrogens with zero attached hydrogens (tertiary/aromatic N) is 2. The van der Waals surface area contributed by atoms with E-state index in [-0.39, 0.29) is 12.0 Å². The van der Waals surface area contributed by atoms with Crippen LogP contribution in [0.15, 0.2) is 73.3 Å². The molecule has 0 spiro atoms. The molecule has 3 aromatic rings. The highest BCUT2D eigenvalue weighted by molar-refractivity contribution is 5.86. The molecule has 0 aliphatic heterocycles. The minimum Gasteiger partial charge on any atom is -0.368 e. The van der Waals surface area contributed by atoms with Crippen LogP contribution in [0.5, 0.6) is 0 Å². The summed E-state index contributed by atoms with van der Waals surface area (Å²) in [6, 6.07) is 13.4. The summed E-state index contributed by atoms with van der Waals surface area (Å²) < 4.78 is 14.6. The lowest BCUT2D eigenvalue weighted by atomic mass is 9.82. The number of halogens is 1. The lowest BCUT2D eigenvalue weighted by molar-refractivity contribution is -0.125. The van der Waals surface area contributed by atoms with E-state index in [1.54, 1.807) is 61.2 Å². The van der Waals surface area contributed by atoms with Gasteiger partial charge in [0.1, 0.15) is 11.4 Å². The van der Waals surface area contributed by atoms with E-state index in [0.29, 0.717) is 6.54 Å². The van der Waals surface area contributed by atoms with Crippen LogP contribution in [-0.2, 0) is 23.3 Å². The topological polar surface area (TPSA) is 80.9 Å². The standard InChI is InChI=1S/C20H19FN4O/c21-18-6-2-1-5-17(18)20(19(22)26,12-15-7-10-23-11-8-15)25-14-16-4-3-9-24-13-16/h1-11,13,25H,12,14H2,(H2,22,26). The Morgan fingerprint density at radius 2 is 1.77 bits per heavy atom. The first-order valence-corrected chi connectivity index (χ1v) is 8.19. The fraction of sp³-hybridized carbons (Fsp3) is 0.150. The van der Waals surface area contributed by atoms with E-state index in [9.17, 15) is 9.18 Å². The molecule has 0 saturated carbocycles. The molecule has 0 radical (unpaired) electrons. The maximum absolute atomic E-state index is 14.6. The van der Waals surface area contributed by atoms with Crippen LogP contribution in [0.2, 0.25) is 0 Å². The zero-order valence-corrected chi connectivity index (χ0v) is 14.1. The van der Waals surface area contributed by atoms with Crippen LogP contribution in [0.3, 0.4) is 0 Å². The lowest BCUT2D eigenvalue weighted by Crippen LogP contribution is -2.54. The number of carbonyl (C=O) groups excluding carboxylic acids is 1. The Morgan fingerprint density at radius 1 is 1.00 bits per heavy atom. The molecule has 1 unspecified atom stereocenters. The molecule has 5 nitrogen and oxygen atoms in total. The Labute approximate surface area is 151 Å². The second kappa shape index (κ2) is 7.84. The van der Waals surface area contributed by atoms with Gasteiger partial charge in [0.15, 0.2) is 0 Å². The predicted octanol–water partition coefficient (Wildman–Crippen LogP) is 2.33. The van der Waals surface area contributed by atoms with Gasteiger partial charge in [-0.05, 0) is 35.4 Å². The predicted molar refractivity (Wildman–Crippen MR) is 96.3 cm³/mol. The number of benzene rings is 1. The van der Waals surface area contributed by atoms with E-state index >= 15 is 0 Å². The Bertz CT molecular complexity index is 873. The van der Waals surface area contributed by atoms with Crippen molar-refractivity contribution in [3.05, 3.63) is 95.8 Å². The van der Waals surface area contributed by atoms with Crippen LogP contribution in [0.4, 0.5) is 4.39 Å². The van der Waals surface area contributed by atoms with E-state index in [0.717, 1.165) is 11.1 Å². The van der Waals surface area contributed by atoms with Gasteiger partial charge in [-0.2, -0.15) is 0 Å². The number of carbonyl (C=O) groups is 1. The summed E-state index contributed by atoms with van der Waals surface area (Å²) in [5.41, 5.74) is 6.29. The molecule has 3 N–H and O–H groups in total. The molecule has 0 bridgehead atoms. The number of pyridine rings is 2. The van der Waals surface area contributed by atoms with Gasteiger partial charge < -0.3 is 5.73 Å². The van der Waals surface area contributed by atoms with E-state index in [1.807, 2.05) is 6.07 Å². The Balaban J connectivity index is 2.03. The van der Waals surface area contributed by atoms with Crippen LogP contribution in [0, 0.1) is 5.82 Å². The second-order valence-electron chi connectivity index (χ2n) is 6.00. The normalized spacial score (nSPS) is 13.1. The van der Waals surface area contributed by atoms with E-state index in [4.69, 9.17) is 5.73 Å². The lowest BCUT2D eigenvalue weighted by Gasteiger charge is -2.33. The number of aromatic nitrogens is 2. The Hall–Kier alpha value is -3.12. The number of nitrogens with one attached hydrogen (secondary N) is 1. The third-order valence-electron chi connectivity index (χ3n) is 4.29. The fourth-order valence-corrected chi connectivity index (χ4v) is 2.93. The van der Waals surface area contributed by atoms with Crippen molar-refractivity contribution in [3.8, 4) is 0 Å². The van der Waals surface area contributed by atoms with Crippen LogP contribution < -0.4 is 11.1 Å². The largest absolute Gasteiger partial charge is 0.368 e. The molecule has 1 atom stereocenters. The average Bonchev–Trinajstić information content (AvgIpc) is 2.67. The van der Waals surface area contributed by atoms with Crippen molar-refractivity contribution < 1.29 is 9.18 Å². The first kappa shape index (κ1) is 17.7. The zero-order chi connectivity index (χ0) is 18.4. The number of hydrogen-bond donors (Lipinski definition) is 2. The third-order valence-corrected chi connectivity index (χ3v) is 4.29. The average molecular weight is 350 g/mol. The molecule has 1 amide bonds. The zero-order valence-electron chi connectivity index (χ0n) is 14.1. The van der Waals surface area contributed by atoms with Crippen molar-refractivity contribution in [2.75, 3.05) is 0 Å². The number of amides is 1. The molecule has 0 fully saturated rings. The van der Waals surface area contributed by atoms with E-state index in [2.05, 4.69) is 15.3 Å². The minimum absolute atomic E-state index is 0.200. The number of nitrogens with two attached hydrogens (primary N) is 1. The van der Waals surface area contributed by atoms with Crippen molar-refractivity contribution in [2.45, 2.75) is 18.5 Å². The molecule has 0 aliphatic rings. The molecule has 2 heterocycles. The molecule has 132 valence electrons. The molecular weight excluding hydrogens is 331 g/mol. The van der Waals surface area contributed by atoms with E-state index in [1.165, 1.54) is 6.07 Å². The molecule has 3 rings (SSSR count). The molecular formula is C20H19FN4O. The maximum atomic E-state index is 14.6. The summed E-state index contributed by atoms with van der Waals surface area (Å²) >= 11 is 0. The van der Waals surface area contributed by atoms with Gasteiger partial charge in [0.25, 0.3) is 0 Å².